The molecule has 2 aliphatic carbocycles. The van der Waals surface area contributed by atoms with Gasteiger partial charge in [-0.05, 0) is 24.7 Å². The third kappa shape index (κ3) is 1.18. The zero-order valence-electron chi connectivity index (χ0n) is 8.92. The number of rotatable bonds is 0. The number of alkyl halides is 6. The highest BCUT2D eigenvalue weighted by molar-refractivity contribution is 5.18. The summed E-state index contributed by atoms with van der Waals surface area (Å²) >= 11 is 0. The minimum atomic E-state index is -5.51. The van der Waals surface area contributed by atoms with Crippen molar-refractivity contribution in [3.8, 4) is 0 Å². The average Bonchev–Trinajstić information content (AvgIpc) is 2.72. The second-order valence-electron chi connectivity index (χ2n) is 5.31. The Morgan fingerprint density at radius 1 is 1.00 bits per heavy atom. The van der Waals surface area contributed by atoms with Gasteiger partial charge in [-0.1, -0.05) is 0 Å². The van der Waals surface area contributed by atoms with Crippen molar-refractivity contribution < 1.29 is 36.2 Å². The van der Waals surface area contributed by atoms with Crippen molar-refractivity contribution in [2.24, 2.45) is 17.8 Å². The van der Waals surface area contributed by atoms with Crippen LogP contribution in [0.4, 0.5) is 26.3 Å². The Labute approximate surface area is 97.9 Å². The lowest BCUT2D eigenvalue weighted by molar-refractivity contribution is -0.385. The minimum Gasteiger partial charge on any atom is -0.390 e. The van der Waals surface area contributed by atoms with Crippen molar-refractivity contribution in [2.45, 2.75) is 43.0 Å². The van der Waals surface area contributed by atoms with Crippen LogP contribution < -0.4 is 0 Å². The zero-order chi connectivity index (χ0) is 13.5. The predicted molar refractivity (Wildman–Crippen MR) is 45.4 cm³/mol. The fourth-order valence-electron chi connectivity index (χ4n) is 3.92. The summed E-state index contributed by atoms with van der Waals surface area (Å²) in [6.07, 6.45) is -13.7. The predicted octanol–water partition coefficient (Wildman–Crippen LogP) is 2.27. The van der Waals surface area contributed by atoms with Crippen LogP contribution in [0.1, 0.15) is 12.8 Å². The number of ether oxygens (including phenoxy) is 1. The molecule has 1 heterocycles. The number of hydrogen-bond acceptors (Lipinski definition) is 2. The quantitative estimate of drug-likeness (QED) is 0.688. The Hall–Kier alpha value is -0.500. The standard InChI is InChI=1S/C10H10F6O2/c11-9(12,13)8(10(14,15)16)5-2-3-1-4(5)7(18-8)6(3)17/h3-7,17H,1-2H2/t3-,4-,5?,6?,7?/m1/s1. The SMILES string of the molecule is OC1C2OC(C(F)(F)F)(C(F)(F)F)C3C[C@H]1C[C@@H]23. The van der Waals surface area contributed by atoms with E-state index in [-0.39, 0.29) is 12.8 Å². The third-order valence-electron chi connectivity index (χ3n) is 4.58. The van der Waals surface area contributed by atoms with Gasteiger partial charge < -0.3 is 9.84 Å². The van der Waals surface area contributed by atoms with Crippen molar-refractivity contribution in [3.63, 3.8) is 0 Å². The second-order valence-corrected chi connectivity index (χ2v) is 5.31. The molecule has 2 nitrogen and oxygen atoms in total. The molecule has 0 amide bonds. The van der Waals surface area contributed by atoms with Crippen LogP contribution in [-0.2, 0) is 4.74 Å². The largest absolute Gasteiger partial charge is 0.426 e. The highest BCUT2D eigenvalue weighted by Gasteiger charge is 2.84. The van der Waals surface area contributed by atoms with Gasteiger partial charge in [0.05, 0.1) is 12.2 Å². The molecule has 1 N–H and O–H groups in total. The Morgan fingerprint density at radius 3 is 1.94 bits per heavy atom. The van der Waals surface area contributed by atoms with E-state index in [1.165, 1.54) is 0 Å². The molecule has 3 rings (SSSR count). The van der Waals surface area contributed by atoms with Crippen LogP contribution in [0, 0.1) is 17.8 Å². The minimum absolute atomic E-state index is 0.185. The summed E-state index contributed by atoms with van der Waals surface area (Å²) < 4.78 is 82.0. The molecule has 3 fully saturated rings. The molecule has 0 aromatic rings. The maximum absolute atomic E-state index is 12.9. The van der Waals surface area contributed by atoms with E-state index in [0.29, 0.717) is 0 Å². The summed E-state index contributed by atoms with van der Waals surface area (Å²) in [6.45, 7) is 0. The smallest absolute Gasteiger partial charge is 0.390 e. The Morgan fingerprint density at radius 2 is 1.56 bits per heavy atom. The van der Waals surface area contributed by atoms with Crippen molar-refractivity contribution in [1.29, 1.82) is 0 Å². The van der Waals surface area contributed by atoms with E-state index in [4.69, 9.17) is 0 Å². The molecular formula is C10H10F6O2. The number of fused-ring (bicyclic) bond motifs is 1. The van der Waals surface area contributed by atoms with E-state index in [1.54, 1.807) is 0 Å². The van der Waals surface area contributed by atoms with Gasteiger partial charge >= 0.3 is 12.4 Å². The van der Waals surface area contributed by atoms with Gasteiger partial charge in [-0.2, -0.15) is 26.3 Å². The van der Waals surface area contributed by atoms with Gasteiger partial charge in [0.25, 0.3) is 5.60 Å². The molecular weight excluding hydrogens is 266 g/mol. The summed E-state index contributed by atoms with van der Waals surface area (Å²) in [5, 5.41) is 9.61. The fourth-order valence-corrected chi connectivity index (χ4v) is 3.92. The molecule has 3 unspecified atom stereocenters. The number of aliphatic hydroxyl groups excluding tert-OH is 1. The maximum Gasteiger partial charge on any atom is 0.426 e. The van der Waals surface area contributed by atoms with E-state index >= 15 is 0 Å². The molecule has 3 aliphatic rings. The first kappa shape index (κ1) is 12.5. The monoisotopic (exact) mass is 276 g/mol. The Bertz CT molecular complexity index is 362. The first-order valence-electron chi connectivity index (χ1n) is 5.59. The van der Waals surface area contributed by atoms with Crippen LogP contribution in [0.25, 0.3) is 0 Å². The lowest BCUT2D eigenvalue weighted by atomic mass is 9.77. The first-order valence-corrected chi connectivity index (χ1v) is 5.59. The highest BCUT2D eigenvalue weighted by Crippen LogP contribution is 2.67. The molecule has 0 aromatic carbocycles. The maximum atomic E-state index is 12.9. The Kier molecular flexibility index (Phi) is 2.19. The highest BCUT2D eigenvalue weighted by atomic mass is 19.4. The molecule has 5 atom stereocenters. The lowest BCUT2D eigenvalue weighted by Gasteiger charge is -2.36. The van der Waals surface area contributed by atoms with E-state index < -0.39 is 47.9 Å². The summed E-state index contributed by atoms with van der Waals surface area (Å²) in [7, 11) is 0. The van der Waals surface area contributed by atoms with Gasteiger partial charge in [0, 0.05) is 5.92 Å². The fraction of sp³-hybridized carbons (Fsp3) is 1.00. The van der Waals surface area contributed by atoms with Crippen LogP contribution in [0.15, 0.2) is 0 Å². The van der Waals surface area contributed by atoms with Gasteiger partial charge in [-0.15, -0.1) is 0 Å². The van der Waals surface area contributed by atoms with Gasteiger partial charge in [0.15, 0.2) is 0 Å². The van der Waals surface area contributed by atoms with Gasteiger partial charge in [0.1, 0.15) is 0 Å². The van der Waals surface area contributed by atoms with E-state index in [9.17, 15) is 31.4 Å². The van der Waals surface area contributed by atoms with Crippen molar-refractivity contribution >= 4 is 0 Å². The molecule has 0 aromatic heterocycles. The first-order chi connectivity index (χ1) is 8.09. The zero-order valence-corrected chi connectivity index (χ0v) is 8.92. The van der Waals surface area contributed by atoms with E-state index in [1.807, 2.05) is 0 Å². The average molecular weight is 276 g/mol. The molecule has 2 bridgehead atoms. The van der Waals surface area contributed by atoms with Crippen molar-refractivity contribution in [3.05, 3.63) is 0 Å². The van der Waals surface area contributed by atoms with Crippen LogP contribution >= 0.6 is 0 Å². The van der Waals surface area contributed by atoms with Gasteiger partial charge in [-0.25, -0.2) is 0 Å². The molecule has 18 heavy (non-hydrogen) atoms. The molecule has 0 spiro atoms. The van der Waals surface area contributed by atoms with Gasteiger partial charge in [0.2, 0.25) is 0 Å². The molecule has 2 saturated carbocycles. The lowest BCUT2D eigenvalue weighted by Crippen LogP contribution is -2.60. The van der Waals surface area contributed by atoms with Crippen LogP contribution in [0.5, 0.6) is 0 Å². The van der Waals surface area contributed by atoms with E-state index in [0.717, 1.165) is 0 Å². The summed E-state index contributed by atoms with van der Waals surface area (Å²) in [6, 6.07) is 0. The summed E-state index contributed by atoms with van der Waals surface area (Å²) in [5.74, 6) is -2.96. The number of aliphatic hydroxyl groups is 1. The normalized spacial score (nSPS) is 45.8. The molecule has 104 valence electrons. The molecule has 0 radical (unpaired) electrons. The summed E-state index contributed by atoms with van der Waals surface area (Å²) in [5.41, 5.74) is -4.10. The van der Waals surface area contributed by atoms with Crippen molar-refractivity contribution in [2.75, 3.05) is 0 Å². The molecule has 1 aliphatic heterocycles. The topological polar surface area (TPSA) is 29.5 Å². The second kappa shape index (κ2) is 3.15. The number of halogens is 6. The molecule has 8 heteroatoms. The van der Waals surface area contributed by atoms with Crippen LogP contribution in [0.3, 0.4) is 0 Å². The van der Waals surface area contributed by atoms with E-state index in [2.05, 4.69) is 4.74 Å². The van der Waals surface area contributed by atoms with Crippen molar-refractivity contribution in [1.82, 2.24) is 0 Å². The third-order valence-corrected chi connectivity index (χ3v) is 4.58. The summed E-state index contributed by atoms with van der Waals surface area (Å²) in [4.78, 5) is 0. The molecule has 1 saturated heterocycles. The Balaban J connectivity index is 2.09. The van der Waals surface area contributed by atoms with Crippen LogP contribution in [0.2, 0.25) is 0 Å². The number of hydrogen-bond donors (Lipinski definition) is 1. The van der Waals surface area contributed by atoms with Crippen LogP contribution in [-0.4, -0.2) is 35.3 Å². The van der Waals surface area contributed by atoms with Gasteiger partial charge in [-0.3, -0.25) is 0 Å².